The van der Waals surface area contributed by atoms with Gasteiger partial charge in [0.2, 0.25) is 11.7 Å². The van der Waals surface area contributed by atoms with Crippen molar-refractivity contribution >= 4 is 39.2 Å². The number of nitrogens with one attached hydrogen (secondary N) is 2. The van der Waals surface area contributed by atoms with Gasteiger partial charge in [-0.1, -0.05) is 0 Å². The third kappa shape index (κ3) is 4.18. The van der Waals surface area contributed by atoms with Crippen molar-refractivity contribution in [1.82, 2.24) is 14.9 Å². The van der Waals surface area contributed by atoms with Gasteiger partial charge in [-0.3, -0.25) is 9.59 Å². The smallest absolute Gasteiger partial charge is 0.267 e. The molecular formula is C20H24N4O5S. The van der Waals surface area contributed by atoms with E-state index in [1.54, 1.807) is 23.7 Å². The lowest BCUT2D eigenvalue weighted by atomic mass is 10.2. The molecule has 2 amide bonds. The molecule has 0 saturated carbocycles. The van der Waals surface area contributed by atoms with Crippen LogP contribution in [0.3, 0.4) is 0 Å². The molecule has 0 fully saturated rings. The lowest BCUT2D eigenvalue weighted by molar-refractivity contribution is -0.116. The Morgan fingerprint density at radius 3 is 2.47 bits per heavy atom. The number of thiazole rings is 1. The monoisotopic (exact) mass is 432 g/mol. The maximum atomic E-state index is 12.7. The Bertz CT molecular complexity index is 1090. The highest BCUT2D eigenvalue weighted by Crippen LogP contribution is 2.44. The number of nitrogens with zero attached hydrogens (tertiary/aromatic N) is 2. The van der Waals surface area contributed by atoms with E-state index in [9.17, 15) is 9.59 Å². The highest BCUT2D eigenvalue weighted by atomic mass is 32.1. The van der Waals surface area contributed by atoms with E-state index in [2.05, 4.69) is 15.6 Å². The average molecular weight is 433 g/mol. The summed E-state index contributed by atoms with van der Waals surface area (Å²) in [4.78, 5) is 28.9. The number of aryl methyl sites for hydroxylation is 2. The topological polar surface area (TPSA) is 104 Å². The maximum absolute atomic E-state index is 12.7. The lowest BCUT2D eigenvalue weighted by Crippen LogP contribution is -2.29. The van der Waals surface area contributed by atoms with Crippen LogP contribution in [-0.2, 0) is 11.8 Å². The summed E-state index contributed by atoms with van der Waals surface area (Å²) in [5.74, 6) is 0.930. The number of ether oxygens (including phenoxy) is 3. The standard InChI is InChI=1S/C20H24N4O5S/c1-11-10-30-20(22-11)23-15(25)6-7-21-19(26)13-8-12-9-14(27-3)17(28-4)18(29-5)16(12)24(13)2/h8-10H,6-7H2,1-5H3,(H,21,26)(H,22,23,25). The summed E-state index contributed by atoms with van der Waals surface area (Å²) >= 11 is 1.36. The summed E-state index contributed by atoms with van der Waals surface area (Å²) in [6.45, 7) is 2.05. The summed E-state index contributed by atoms with van der Waals surface area (Å²) in [5.41, 5.74) is 1.98. The Balaban J connectivity index is 1.73. The van der Waals surface area contributed by atoms with Crippen LogP contribution in [0.4, 0.5) is 5.13 Å². The van der Waals surface area contributed by atoms with Crippen molar-refractivity contribution in [2.75, 3.05) is 33.2 Å². The molecule has 0 aliphatic carbocycles. The number of anilines is 1. The molecule has 0 radical (unpaired) electrons. The van der Waals surface area contributed by atoms with Gasteiger partial charge in [-0.15, -0.1) is 11.3 Å². The molecule has 2 N–H and O–H groups in total. The van der Waals surface area contributed by atoms with Gasteiger partial charge in [0.05, 0.1) is 32.5 Å². The maximum Gasteiger partial charge on any atom is 0.267 e. The predicted molar refractivity (Wildman–Crippen MR) is 115 cm³/mol. The van der Waals surface area contributed by atoms with E-state index in [0.717, 1.165) is 11.1 Å². The van der Waals surface area contributed by atoms with Crippen LogP contribution in [0, 0.1) is 6.92 Å². The molecule has 0 spiro atoms. The van der Waals surface area contributed by atoms with Crippen molar-refractivity contribution in [2.24, 2.45) is 7.05 Å². The van der Waals surface area contributed by atoms with Crippen LogP contribution in [0.2, 0.25) is 0 Å². The molecule has 2 heterocycles. The van der Waals surface area contributed by atoms with Crippen LogP contribution >= 0.6 is 11.3 Å². The SMILES string of the molecule is COc1cc2cc(C(=O)NCCC(=O)Nc3nc(C)cs3)n(C)c2c(OC)c1OC. The normalized spacial score (nSPS) is 10.7. The van der Waals surface area contributed by atoms with Gasteiger partial charge in [0.1, 0.15) is 5.69 Å². The van der Waals surface area contributed by atoms with Gasteiger partial charge in [0, 0.05) is 30.8 Å². The molecular weight excluding hydrogens is 408 g/mol. The number of carbonyl (C=O) groups excluding carboxylic acids is 2. The molecule has 0 aliphatic rings. The third-order valence-electron chi connectivity index (χ3n) is 4.56. The second-order valence-corrected chi connectivity index (χ2v) is 7.38. The van der Waals surface area contributed by atoms with E-state index in [0.29, 0.717) is 33.6 Å². The fourth-order valence-corrected chi connectivity index (χ4v) is 3.88. The molecule has 1 aromatic carbocycles. The zero-order valence-corrected chi connectivity index (χ0v) is 18.3. The molecule has 3 rings (SSSR count). The Morgan fingerprint density at radius 1 is 1.13 bits per heavy atom. The number of benzene rings is 1. The molecule has 0 aliphatic heterocycles. The number of hydrogen-bond acceptors (Lipinski definition) is 7. The first-order valence-electron chi connectivity index (χ1n) is 9.18. The van der Waals surface area contributed by atoms with E-state index >= 15 is 0 Å². The second-order valence-electron chi connectivity index (χ2n) is 6.52. The molecule has 0 bridgehead atoms. The van der Waals surface area contributed by atoms with Crippen molar-refractivity contribution < 1.29 is 23.8 Å². The van der Waals surface area contributed by atoms with Crippen molar-refractivity contribution in [3.63, 3.8) is 0 Å². The lowest BCUT2D eigenvalue weighted by Gasteiger charge is -2.14. The summed E-state index contributed by atoms with van der Waals surface area (Å²) in [7, 11) is 6.37. The number of amides is 2. The van der Waals surface area contributed by atoms with Crippen molar-refractivity contribution in [1.29, 1.82) is 0 Å². The number of carbonyl (C=O) groups is 2. The molecule has 0 saturated heterocycles. The van der Waals surface area contributed by atoms with E-state index in [1.165, 1.54) is 32.7 Å². The van der Waals surface area contributed by atoms with E-state index < -0.39 is 0 Å². The van der Waals surface area contributed by atoms with E-state index in [-0.39, 0.29) is 24.8 Å². The molecule has 3 aromatic rings. The van der Waals surface area contributed by atoms with Gasteiger partial charge in [0.15, 0.2) is 16.6 Å². The predicted octanol–water partition coefficient (Wildman–Crippen LogP) is 2.73. The minimum Gasteiger partial charge on any atom is -0.493 e. The van der Waals surface area contributed by atoms with Gasteiger partial charge >= 0.3 is 0 Å². The number of rotatable bonds is 8. The van der Waals surface area contributed by atoms with Crippen LogP contribution in [0.25, 0.3) is 10.9 Å². The number of methoxy groups -OCH3 is 3. The van der Waals surface area contributed by atoms with Crippen molar-refractivity contribution in [2.45, 2.75) is 13.3 Å². The van der Waals surface area contributed by atoms with E-state index in [4.69, 9.17) is 14.2 Å². The van der Waals surface area contributed by atoms with Gasteiger partial charge < -0.3 is 29.4 Å². The number of fused-ring (bicyclic) bond motifs is 1. The van der Waals surface area contributed by atoms with Gasteiger partial charge in [-0.2, -0.15) is 0 Å². The molecule has 30 heavy (non-hydrogen) atoms. The molecule has 160 valence electrons. The zero-order valence-electron chi connectivity index (χ0n) is 17.5. The van der Waals surface area contributed by atoms with E-state index in [1.807, 2.05) is 12.3 Å². The first-order chi connectivity index (χ1) is 14.4. The number of aromatic nitrogens is 2. The Morgan fingerprint density at radius 2 is 1.87 bits per heavy atom. The molecule has 2 aromatic heterocycles. The van der Waals surface area contributed by atoms with Crippen LogP contribution in [0.5, 0.6) is 17.2 Å². The highest BCUT2D eigenvalue weighted by Gasteiger charge is 2.22. The molecule has 0 atom stereocenters. The average Bonchev–Trinajstić information content (AvgIpc) is 3.28. The Hall–Kier alpha value is -3.27. The molecule has 0 unspecified atom stereocenters. The van der Waals surface area contributed by atoms with Crippen molar-refractivity contribution in [3.8, 4) is 17.2 Å². The van der Waals surface area contributed by atoms with Gasteiger partial charge in [-0.25, -0.2) is 4.98 Å². The minimum absolute atomic E-state index is 0.138. The summed E-state index contributed by atoms with van der Waals surface area (Å²) in [6, 6.07) is 3.53. The molecule has 9 nitrogen and oxygen atoms in total. The molecule has 10 heteroatoms. The Labute approximate surface area is 177 Å². The number of hydrogen-bond donors (Lipinski definition) is 2. The minimum atomic E-state index is -0.299. The zero-order chi connectivity index (χ0) is 21.8. The van der Waals surface area contributed by atoms with Gasteiger partial charge in [0.25, 0.3) is 5.91 Å². The van der Waals surface area contributed by atoms with Crippen LogP contribution in [0.1, 0.15) is 22.6 Å². The van der Waals surface area contributed by atoms with Crippen LogP contribution < -0.4 is 24.8 Å². The largest absolute Gasteiger partial charge is 0.493 e. The van der Waals surface area contributed by atoms with Crippen molar-refractivity contribution in [3.05, 3.63) is 28.9 Å². The summed E-state index contributed by atoms with van der Waals surface area (Å²) in [6.07, 6.45) is 0.138. The van der Waals surface area contributed by atoms with Crippen LogP contribution in [-0.4, -0.2) is 49.2 Å². The Kier molecular flexibility index (Phi) is 6.46. The summed E-state index contributed by atoms with van der Waals surface area (Å²) < 4.78 is 18.0. The first-order valence-corrected chi connectivity index (χ1v) is 10.1. The highest BCUT2D eigenvalue weighted by molar-refractivity contribution is 7.13. The fraction of sp³-hybridized carbons (Fsp3) is 0.350. The summed E-state index contributed by atoms with van der Waals surface area (Å²) in [5, 5.41) is 8.67. The van der Waals surface area contributed by atoms with Gasteiger partial charge in [-0.05, 0) is 19.1 Å². The fourth-order valence-electron chi connectivity index (χ4n) is 3.17. The second kappa shape index (κ2) is 9.04. The first kappa shape index (κ1) is 21.4. The third-order valence-corrected chi connectivity index (χ3v) is 5.43. The van der Waals surface area contributed by atoms with Crippen LogP contribution in [0.15, 0.2) is 17.5 Å². The quantitative estimate of drug-likeness (QED) is 0.567.